The Hall–Kier alpha value is -0.790. The van der Waals surface area contributed by atoms with Crippen LogP contribution >= 0.6 is 22.6 Å². The lowest BCUT2D eigenvalue weighted by Crippen LogP contribution is -2.15. The Kier molecular flexibility index (Phi) is 3.03. The number of rotatable bonds is 1. The molecule has 1 aromatic rings. The van der Waals surface area contributed by atoms with Crippen molar-refractivity contribution in [1.29, 1.82) is 5.41 Å². The molecule has 76 valence electrons. The topological polar surface area (TPSA) is 49.9 Å². The molecule has 0 amide bonds. The molecule has 0 heterocycles. The van der Waals surface area contributed by atoms with Gasteiger partial charge in [-0.3, -0.25) is 5.41 Å². The quantitative estimate of drug-likeness (QED) is 0.467. The molecule has 0 aromatic heterocycles. The number of nitrogen functional groups attached to an aromatic ring is 1. The van der Waals surface area contributed by atoms with Crippen LogP contribution in [0, 0.1) is 8.98 Å². The Morgan fingerprint density at radius 2 is 1.93 bits per heavy atom. The first-order valence-electron chi connectivity index (χ1n) is 3.53. The van der Waals surface area contributed by atoms with Crippen molar-refractivity contribution in [3.8, 4) is 0 Å². The number of alkyl halides is 3. The van der Waals surface area contributed by atoms with Gasteiger partial charge in [-0.1, -0.05) is 0 Å². The molecule has 0 saturated carbocycles. The maximum Gasteiger partial charge on any atom is 0.416 e. The van der Waals surface area contributed by atoms with Gasteiger partial charge in [-0.15, -0.1) is 0 Å². The molecule has 0 saturated heterocycles. The molecule has 0 fully saturated rings. The highest BCUT2D eigenvalue weighted by molar-refractivity contribution is 14.1. The molecular formula is C8H6F3IN2. The van der Waals surface area contributed by atoms with Crippen LogP contribution in [0.3, 0.4) is 0 Å². The van der Waals surface area contributed by atoms with Crippen molar-refractivity contribution in [3.63, 3.8) is 0 Å². The summed E-state index contributed by atoms with van der Waals surface area (Å²) in [7, 11) is 0. The van der Waals surface area contributed by atoms with Gasteiger partial charge in [-0.05, 0) is 40.8 Å². The van der Waals surface area contributed by atoms with Gasteiger partial charge in [-0.2, -0.15) is 13.2 Å². The summed E-state index contributed by atoms with van der Waals surface area (Å²) >= 11 is 1.83. The SMILES string of the molecule is N=C(N)c1cc(C(F)(F)F)ccc1I. The highest BCUT2D eigenvalue weighted by Crippen LogP contribution is 2.30. The van der Waals surface area contributed by atoms with Gasteiger partial charge in [0.1, 0.15) is 5.84 Å². The number of nitrogens with one attached hydrogen (secondary N) is 1. The number of nitrogens with two attached hydrogens (primary N) is 1. The van der Waals surface area contributed by atoms with Gasteiger partial charge in [0.2, 0.25) is 0 Å². The second-order valence-corrected chi connectivity index (χ2v) is 3.77. The first-order valence-corrected chi connectivity index (χ1v) is 4.61. The third-order valence-corrected chi connectivity index (χ3v) is 2.52. The Bertz CT molecular complexity index is 373. The van der Waals surface area contributed by atoms with Crippen LogP contribution in [0.15, 0.2) is 18.2 Å². The van der Waals surface area contributed by atoms with Crippen molar-refractivity contribution >= 4 is 28.4 Å². The Morgan fingerprint density at radius 3 is 2.36 bits per heavy atom. The van der Waals surface area contributed by atoms with Gasteiger partial charge in [0, 0.05) is 9.13 Å². The first kappa shape index (κ1) is 11.3. The molecular weight excluding hydrogens is 308 g/mol. The van der Waals surface area contributed by atoms with Crippen molar-refractivity contribution in [2.75, 3.05) is 0 Å². The van der Waals surface area contributed by atoms with E-state index in [1.807, 2.05) is 22.6 Å². The average molecular weight is 314 g/mol. The highest BCUT2D eigenvalue weighted by atomic mass is 127. The number of hydrogen-bond donors (Lipinski definition) is 2. The van der Waals surface area contributed by atoms with E-state index >= 15 is 0 Å². The summed E-state index contributed by atoms with van der Waals surface area (Å²) in [5.41, 5.74) is 4.46. The van der Waals surface area contributed by atoms with E-state index in [2.05, 4.69) is 0 Å². The van der Waals surface area contributed by atoms with Gasteiger partial charge >= 0.3 is 6.18 Å². The molecule has 0 spiro atoms. The lowest BCUT2D eigenvalue weighted by Gasteiger charge is -2.09. The van der Waals surface area contributed by atoms with E-state index in [4.69, 9.17) is 11.1 Å². The van der Waals surface area contributed by atoms with Crippen molar-refractivity contribution in [3.05, 3.63) is 32.9 Å². The van der Waals surface area contributed by atoms with Crippen LogP contribution in [-0.4, -0.2) is 5.84 Å². The summed E-state index contributed by atoms with van der Waals surface area (Å²) in [4.78, 5) is 0. The second-order valence-electron chi connectivity index (χ2n) is 2.61. The van der Waals surface area contributed by atoms with Crippen molar-refractivity contribution in [1.82, 2.24) is 0 Å². The summed E-state index contributed by atoms with van der Waals surface area (Å²) in [5, 5.41) is 7.08. The number of benzene rings is 1. The van der Waals surface area contributed by atoms with E-state index < -0.39 is 11.7 Å². The van der Waals surface area contributed by atoms with Crippen molar-refractivity contribution in [2.24, 2.45) is 5.73 Å². The smallest absolute Gasteiger partial charge is 0.384 e. The third-order valence-electron chi connectivity index (χ3n) is 1.58. The van der Waals surface area contributed by atoms with Crippen LogP contribution in [0.1, 0.15) is 11.1 Å². The molecule has 2 nitrogen and oxygen atoms in total. The summed E-state index contributed by atoms with van der Waals surface area (Å²) < 4.78 is 37.3. The second kappa shape index (κ2) is 3.76. The van der Waals surface area contributed by atoms with Crippen LogP contribution in [0.5, 0.6) is 0 Å². The van der Waals surface area contributed by atoms with E-state index in [1.165, 1.54) is 6.07 Å². The van der Waals surface area contributed by atoms with Gasteiger partial charge in [0.05, 0.1) is 5.56 Å². The molecule has 0 bridgehead atoms. The first-order chi connectivity index (χ1) is 6.32. The largest absolute Gasteiger partial charge is 0.416 e. The van der Waals surface area contributed by atoms with Crippen LogP contribution in [0.4, 0.5) is 13.2 Å². The predicted octanol–water partition coefficient (Wildman–Crippen LogP) is 2.59. The van der Waals surface area contributed by atoms with E-state index in [9.17, 15) is 13.2 Å². The monoisotopic (exact) mass is 314 g/mol. The van der Waals surface area contributed by atoms with Crippen LogP contribution < -0.4 is 5.73 Å². The van der Waals surface area contributed by atoms with Gasteiger partial charge < -0.3 is 5.73 Å². The summed E-state index contributed by atoms with van der Waals surface area (Å²) in [6.45, 7) is 0. The van der Waals surface area contributed by atoms with Gasteiger partial charge in [0.25, 0.3) is 0 Å². The lowest BCUT2D eigenvalue weighted by atomic mass is 10.1. The molecule has 1 aromatic carbocycles. The Balaban J connectivity index is 3.27. The summed E-state index contributed by atoms with van der Waals surface area (Å²) in [6.07, 6.45) is -4.39. The van der Waals surface area contributed by atoms with Crippen LogP contribution in [0.25, 0.3) is 0 Å². The minimum Gasteiger partial charge on any atom is -0.384 e. The van der Waals surface area contributed by atoms with Gasteiger partial charge in [-0.25, -0.2) is 0 Å². The van der Waals surface area contributed by atoms with Crippen molar-refractivity contribution < 1.29 is 13.2 Å². The maximum atomic E-state index is 12.2. The zero-order valence-electron chi connectivity index (χ0n) is 6.82. The minimum absolute atomic E-state index is 0.112. The molecule has 0 unspecified atom stereocenters. The molecule has 0 aliphatic rings. The van der Waals surface area contributed by atoms with E-state index in [1.54, 1.807) is 0 Å². The van der Waals surface area contributed by atoms with E-state index in [0.29, 0.717) is 3.57 Å². The molecule has 1 rings (SSSR count). The highest BCUT2D eigenvalue weighted by Gasteiger charge is 2.31. The number of halogens is 4. The Morgan fingerprint density at radius 1 is 1.36 bits per heavy atom. The van der Waals surface area contributed by atoms with E-state index in [0.717, 1.165) is 12.1 Å². The molecule has 6 heteroatoms. The molecule has 0 atom stereocenters. The maximum absolute atomic E-state index is 12.2. The van der Waals surface area contributed by atoms with Crippen molar-refractivity contribution in [2.45, 2.75) is 6.18 Å². The molecule has 0 aliphatic heterocycles. The normalized spacial score (nSPS) is 11.4. The fraction of sp³-hybridized carbons (Fsp3) is 0.125. The average Bonchev–Trinajstić information content (AvgIpc) is 2.02. The molecule has 14 heavy (non-hydrogen) atoms. The minimum atomic E-state index is -4.39. The fourth-order valence-corrected chi connectivity index (χ4v) is 1.53. The molecule has 3 N–H and O–H groups in total. The summed E-state index contributed by atoms with van der Waals surface area (Å²) in [6, 6.07) is 3.14. The van der Waals surface area contributed by atoms with Gasteiger partial charge in [0.15, 0.2) is 0 Å². The zero-order chi connectivity index (χ0) is 10.9. The fourth-order valence-electron chi connectivity index (χ4n) is 0.908. The van der Waals surface area contributed by atoms with Crippen LogP contribution in [-0.2, 0) is 6.18 Å². The molecule has 0 aliphatic carbocycles. The third kappa shape index (κ3) is 2.37. The van der Waals surface area contributed by atoms with Crippen LogP contribution in [0.2, 0.25) is 0 Å². The Labute approximate surface area is 91.9 Å². The van der Waals surface area contributed by atoms with E-state index in [-0.39, 0.29) is 11.4 Å². The number of amidine groups is 1. The standard InChI is InChI=1S/C8H6F3IN2/c9-8(10,11)4-1-2-6(12)5(3-4)7(13)14/h1-3H,(H3,13,14). The zero-order valence-corrected chi connectivity index (χ0v) is 8.98. The lowest BCUT2D eigenvalue weighted by molar-refractivity contribution is -0.137. The predicted molar refractivity (Wildman–Crippen MR) is 55.2 cm³/mol. The summed E-state index contributed by atoms with van der Waals surface area (Å²) in [5.74, 6) is -0.361. The molecule has 0 radical (unpaired) electrons. The number of hydrogen-bond acceptors (Lipinski definition) is 1.